The summed E-state index contributed by atoms with van der Waals surface area (Å²) in [6, 6.07) is 10.3. The number of halogens is 2. The van der Waals surface area contributed by atoms with Crippen LogP contribution in [-0.4, -0.2) is 12.2 Å². The van der Waals surface area contributed by atoms with Crippen molar-refractivity contribution in [2.24, 2.45) is 0 Å². The van der Waals surface area contributed by atoms with Crippen LogP contribution >= 0.6 is 12.2 Å². The van der Waals surface area contributed by atoms with Crippen LogP contribution in [0.4, 0.5) is 14.5 Å². The Balaban J connectivity index is 2.01. The number of rotatable bonds is 4. The molecule has 2 aromatic rings. The SMILES string of the molecule is COc1cccc(NC(=S)N[C@@H](C)c2ccc(F)cc2F)c1. The number of ether oxygens (including phenoxy) is 1. The molecule has 2 rings (SSSR count). The third-order valence-corrected chi connectivity index (χ3v) is 3.32. The zero-order chi connectivity index (χ0) is 16.1. The van der Waals surface area contributed by atoms with E-state index in [-0.39, 0.29) is 0 Å². The van der Waals surface area contributed by atoms with Crippen LogP contribution in [-0.2, 0) is 0 Å². The highest BCUT2D eigenvalue weighted by atomic mass is 32.1. The Kier molecular flexibility index (Phi) is 5.27. The van der Waals surface area contributed by atoms with Crippen molar-refractivity contribution in [1.29, 1.82) is 0 Å². The number of methoxy groups -OCH3 is 1. The van der Waals surface area contributed by atoms with Gasteiger partial charge in [0.1, 0.15) is 17.4 Å². The summed E-state index contributed by atoms with van der Waals surface area (Å²) >= 11 is 5.20. The Morgan fingerprint density at radius 3 is 2.64 bits per heavy atom. The van der Waals surface area contributed by atoms with Crippen LogP contribution in [0.25, 0.3) is 0 Å². The van der Waals surface area contributed by atoms with Gasteiger partial charge in [0, 0.05) is 23.4 Å². The van der Waals surface area contributed by atoms with Gasteiger partial charge >= 0.3 is 0 Å². The first kappa shape index (κ1) is 16.2. The summed E-state index contributed by atoms with van der Waals surface area (Å²) in [5.41, 5.74) is 1.10. The van der Waals surface area contributed by atoms with E-state index in [0.717, 1.165) is 11.8 Å². The van der Waals surface area contributed by atoms with Gasteiger partial charge in [0.2, 0.25) is 0 Å². The Bertz CT molecular complexity index is 679. The van der Waals surface area contributed by atoms with E-state index >= 15 is 0 Å². The fraction of sp³-hybridized carbons (Fsp3) is 0.188. The molecule has 0 fully saturated rings. The summed E-state index contributed by atoms with van der Waals surface area (Å²) in [6.07, 6.45) is 0. The minimum Gasteiger partial charge on any atom is -0.497 e. The van der Waals surface area contributed by atoms with Gasteiger partial charge in [-0.2, -0.15) is 0 Å². The minimum atomic E-state index is -0.607. The highest BCUT2D eigenvalue weighted by Gasteiger charge is 2.12. The number of benzene rings is 2. The molecule has 0 aliphatic carbocycles. The van der Waals surface area contributed by atoms with E-state index in [9.17, 15) is 8.78 Å². The van der Waals surface area contributed by atoms with Gasteiger partial charge in [-0.05, 0) is 37.3 Å². The molecule has 0 saturated heterocycles. The van der Waals surface area contributed by atoms with E-state index < -0.39 is 17.7 Å². The van der Waals surface area contributed by atoms with Crippen LogP contribution in [0.3, 0.4) is 0 Å². The van der Waals surface area contributed by atoms with Gasteiger partial charge in [0.25, 0.3) is 0 Å². The summed E-state index contributed by atoms with van der Waals surface area (Å²) in [5, 5.41) is 6.29. The molecule has 0 amide bonds. The second-order valence-corrected chi connectivity index (χ2v) is 5.13. The molecule has 0 aliphatic heterocycles. The van der Waals surface area contributed by atoms with Crippen LogP contribution in [0.15, 0.2) is 42.5 Å². The van der Waals surface area contributed by atoms with E-state index in [4.69, 9.17) is 17.0 Å². The van der Waals surface area contributed by atoms with E-state index in [1.165, 1.54) is 12.1 Å². The van der Waals surface area contributed by atoms with E-state index in [1.54, 1.807) is 20.1 Å². The Morgan fingerprint density at radius 1 is 1.18 bits per heavy atom. The van der Waals surface area contributed by atoms with Crippen LogP contribution in [0.5, 0.6) is 5.75 Å². The molecule has 2 N–H and O–H groups in total. The topological polar surface area (TPSA) is 33.3 Å². The smallest absolute Gasteiger partial charge is 0.171 e. The maximum absolute atomic E-state index is 13.7. The Labute approximate surface area is 133 Å². The molecule has 1 atom stereocenters. The number of hydrogen-bond acceptors (Lipinski definition) is 2. The monoisotopic (exact) mass is 322 g/mol. The molecular weight excluding hydrogens is 306 g/mol. The highest BCUT2D eigenvalue weighted by molar-refractivity contribution is 7.80. The van der Waals surface area contributed by atoms with Gasteiger partial charge in [0.15, 0.2) is 5.11 Å². The molecule has 0 heterocycles. The first-order chi connectivity index (χ1) is 10.5. The molecule has 0 saturated carbocycles. The average molecular weight is 322 g/mol. The molecule has 116 valence electrons. The van der Waals surface area contributed by atoms with Crippen molar-refractivity contribution < 1.29 is 13.5 Å². The number of thiocarbonyl (C=S) groups is 1. The molecule has 2 aromatic carbocycles. The van der Waals surface area contributed by atoms with Crippen molar-refractivity contribution >= 4 is 23.0 Å². The molecule has 0 bridgehead atoms. The van der Waals surface area contributed by atoms with Crippen LogP contribution < -0.4 is 15.4 Å². The molecule has 0 aliphatic rings. The molecule has 0 unspecified atom stereocenters. The van der Waals surface area contributed by atoms with Gasteiger partial charge in [-0.3, -0.25) is 0 Å². The van der Waals surface area contributed by atoms with Crippen molar-refractivity contribution in [3.05, 3.63) is 59.7 Å². The van der Waals surface area contributed by atoms with Crippen molar-refractivity contribution in [1.82, 2.24) is 5.32 Å². The number of hydrogen-bond donors (Lipinski definition) is 2. The van der Waals surface area contributed by atoms with Crippen LogP contribution in [0, 0.1) is 11.6 Å². The molecule has 0 aromatic heterocycles. The lowest BCUT2D eigenvalue weighted by Gasteiger charge is -2.18. The third kappa shape index (κ3) is 4.14. The zero-order valence-electron chi connectivity index (χ0n) is 12.2. The third-order valence-electron chi connectivity index (χ3n) is 3.10. The molecule has 22 heavy (non-hydrogen) atoms. The summed E-state index contributed by atoms with van der Waals surface area (Å²) in [7, 11) is 1.58. The van der Waals surface area contributed by atoms with Crippen molar-refractivity contribution in [3.8, 4) is 5.75 Å². The quantitative estimate of drug-likeness (QED) is 0.833. The maximum atomic E-state index is 13.7. The van der Waals surface area contributed by atoms with Crippen molar-refractivity contribution in [3.63, 3.8) is 0 Å². The summed E-state index contributed by atoms with van der Waals surface area (Å²) < 4.78 is 31.8. The van der Waals surface area contributed by atoms with Crippen molar-refractivity contribution in [2.75, 3.05) is 12.4 Å². The minimum absolute atomic E-state index is 0.337. The predicted octanol–water partition coefficient (Wildman–Crippen LogP) is 4.02. The van der Waals surface area contributed by atoms with Crippen molar-refractivity contribution in [2.45, 2.75) is 13.0 Å². The maximum Gasteiger partial charge on any atom is 0.171 e. The van der Waals surface area contributed by atoms with Crippen LogP contribution in [0.2, 0.25) is 0 Å². The van der Waals surface area contributed by atoms with Gasteiger partial charge in [-0.1, -0.05) is 12.1 Å². The van der Waals surface area contributed by atoms with Gasteiger partial charge in [-0.15, -0.1) is 0 Å². The van der Waals surface area contributed by atoms with Crippen LogP contribution in [0.1, 0.15) is 18.5 Å². The largest absolute Gasteiger partial charge is 0.497 e. The van der Waals surface area contributed by atoms with Gasteiger partial charge in [-0.25, -0.2) is 8.78 Å². The summed E-state index contributed by atoms with van der Waals surface area (Å²) in [5.74, 6) is -0.514. The zero-order valence-corrected chi connectivity index (χ0v) is 13.0. The normalized spacial score (nSPS) is 11.6. The fourth-order valence-corrected chi connectivity index (χ4v) is 2.29. The Hall–Kier alpha value is -2.21. The molecular formula is C16H16F2N2OS. The fourth-order valence-electron chi connectivity index (χ4n) is 2.00. The molecule has 6 heteroatoms. The lowest BCUT2D eigenvalue weighted by molar-refractivity contribution is 0.415. The van der Waals surface area contributed by atoms with E-state index in [0.29, 0.717) is 16.4 Å². The standard InChI is InChI=1S/C16H16F2N2OS/c1-10(14-7-6-11(17)8-15(14)18)19-16(22)20-12-4-3-5-13(9-12)21-2/h3-10H,1-2H3,(H2,19,20,22)/t10-/m0/s1. The first-order valence-electron chi connectivity index (χ1n) is 6.66. The first-order valence-corrected chi connectivity index (χ1v) is 7.07. The highest BCUT2D eigenvalue weighted by Crippen LogP contribution is 2.19. The number of anilines is 1. The summed E-state index contributed by atoms with van der Waals surface area (Å²) in [6.45, 7) is 1.75. The van der Waals surface area contributed by atoms with Gasteiger partial charge in [0.05, 0.1) is 13.2 Å². The molecule has 0 radical (unpaired) electrons. The predicted molar refractivity (Wildman–Crippen MR) is 87.1 cm³/mol. The average Bonchev–Trinajstić information content (AvgIpc) is 2.47. The number of nitrogens with one attached hydrogen (secondary N) is 2. The lowest BCUT2D eigenvalue weighted by Crippen LogP contribution is -2.31. The second-order valence-electron chi connectivity index (χ2n) is 4.72. The molecule has 0 spiro atoms. The Morgan fingerprint density at radius 2 is 1.95 bits per heavy atom. The second kappa shape index (κ2) is 7.17. The van der Waals surface area contributed by atoms with E-state index in [1.807, 2.05) is 18.2 Å². The van der Waals surface area contributed by atoms with Gasteiger partial charge < -0.3 is 15.4 Å². The lowest BCUT2D eigenvalue weighted by atomic mass is 10.1. The van der Waals surface area contributed by atoms with E-state index in [2.05, 4.69) is 10.6 Å². The molecule has 3 nitrogen and oxygen atoms in total. The summed E-state index contributed by atoms with van der Waals surface area (Å²) in [4.78, 5) is 0.